The molecule has 0 unspecified atom stereocenters. The second-order valence-corrected chi connectivity index (χ2v) is 3.42. The van der Waals surface area contributed by atoms with Gasteiger partial charge >= 0.3 is 0 Å². The Morgan fingerprint density at radius 3 is 2.24 bits per heavy atom. The molecule has 0 heterocycles. The lowest BCUT2D eigenvalue weighted by atomic mass is 10.1. The summed E-state index contributed by atoms with van der Waals surface area (Å²) in [4.78, 5) is 10.8. The van der Waals surface area contributed by atoms with Gasteiger partial charge in [0, 0.05) is 12.1 Å². The van der Waals surface area contributed by atoms with Gasteiger partial charge in [0.1, 0.15) is 17.8 Å². The predicted octanol–water partition coefficient (Wildman–Crippen LogP) is 1.75. The molecule has 0 atom stereocenters. The molecule has 0 fully saturated rings. The van der Waals surface area contributed by atoms with E-state index in [9.17, 15) is 4.79 Å². The fourth-order valence-electron chi connectivity index (χ4n) is 1.49. The zero-order valence-corrected chi connectivity index (χ0v) is 10.3. The monoisotopic (exact) mass is 235 g/mol. The number of methoxy groups -OCH3 is 2. The molecule has 1 N–H and O–H groups in total. The Morgan fingerprint density at radius 2 is 1.82 bits per heavy atom. The summed E-state index contributed by atoms with van der Waals surface area (Å²) < 4.78 is 10.5. The van der Waals surface area contributed by atoms with Gasteiger partial charge in [0.2, 0.25) is 0 Å². The molecule has 4 nitrogen and oxygen atoms in total. The lowest BCUT2D eigenvalue weighted by molar-refractivity contribution is 0.112. The van der Waals surface area contributed by atoms with E-state index in [0.29, 0.717) is 17.1 Å². The van der Waals surface area contributed by atoms with Crippen LogP contribution in [0.4, 0.5) is 0 Å². The van der Waals surface area contributed by atoms with Gasteiger partial charge in [-0.2, -0.15) is 0 Å². The van der Waals surface area contributed by atoms with E-state index in [4.69, 9.17) is 9.47 Å². The molecule has 0 radical (unpaired) electrons. The summed E-state index contributed by atoms with van der Waals surface area (Å²) >= 11 is 0. The van der Waals surface area contributed by atoms with Crippen LogP contribution in [-0.2, 0) is 0 Å². The summed E-state index contributed by atoms with van der Waals surface area (Å²) in [6.45, 7) is 0.752. The zero-order chi connectivity index (χ0) is 12.7. The van der Waals surface area contributed by atoms with Crippen molar-refractivity contribution < 1.29 is 14.3 Å². The van der Waals surface area contributed by atoms with Crippen molar-refractivity contribution in [3.8, 4) is 11.5 Å². The van der Waals surface area contributed by atoms with Crippen LogP contribution in [0.2, 0.25) is 0 Å². The van der Waals surface area contributed by atoms with E-state index in [2.05, 4.69) is 5.32 Å². The minimum atomic E-state index is 0.532. The minimum absolute atomic E-state index is 0.532. The van der Waals surface area contributed by atoms with Crippen LogP contribution in [-0.4, -0.2) is 34.1 Å². The number of ether oxygens (including phenoxy) is 2. The molecule has 0 amide bonds. The van der Waals surface area contributed by atoms with Crippen molar-refractivity contribution in [2.45, 2.75) is 0 Å². The van der Waals surface area contributed by atoms with Gasteiger partial charge in [0.05, 0.1) is 19.8 Å². The first-order valence-electron chi connectivity index (χ1n) is 5.29. The van der Waals surface area contributed by atoms with E-state index < -0.39 is 0 Å². The average Bonchev–Trinajstić information content (AvgIpc) is 2.38. The highest BCUT2D eigenvalue weighted by molar-refractivity contribution is 5.79. The fourth-order valence-corrected chi connectivity index (χ4v) is 1.49. The van der Waals surface area contributed by atoms with E-state index in [1.165, 1.54) is 0 Å². The Morgan fingerprint density at radius 1 is 1.24 bits per heavy atom. The largest absolute Gasteiger partial charge is 0.496 e. The van der Waals surface area contributed by atoms with Crippen LogP contribution < -0.4 is 14.8 Å². The first kappa shape index (κ1) is 13.3. The molecule has 0 aromatic heterocycles. The number of hydrogen-bond donors (Lipinski definition) is 1. The van der Waals surface area contributed by atoms with Crippen molar-refractivity contribution in [1.29, 1.82) is 0 Å². The molecule has 1 rings (SSSR count). The third-order valence-electron chi connectivity index (χ3n) is 2.31. The molecule has 0 spiro atoms. The maximum absolute atomic E-state index is 10.8. The maximum atomic E-state index is 10.8. The van der Waals surface area contributed by atoms with Crippen LogP contribution in [0.3, 0.4) is 0 Å². The highest BCUT2D eigenvalue weighted by Gasteiger charge is 2.09. The van der Waals surface area contributed by atoms with Gasteiger partial charge < -0.3 is 14.8 Å². The highest BCUT2D eigenvalue weighted by atomic mass is 16.5. The maximum Gasteiger partial charge on any atom is 0.150 e. The summed E-state index contributed by atoms with van der Waals surface area (Å²) in [6.07, 6.45) is 4.63. The number of rotatable bonds is 6. The van der Waals surface area contributed by atoms with Gasteiger partial charge in [0.25, 0.3) is 0 Å². The quantitative estimate of drug-likeness (QED) is 0.763. The molecule has 92 valence electrons. The van der Waals surface area contributed by atoms with Crippen LogP contribution in [0.15, 0.2) is 18.2 Å². The average molecular weight is 235 g/mol. The topological polar surface area (TPSA) is 47.6 Å². The molecule has 17 heavy (non-hydrogen) atoms. The normalized spacial score (nSPS) is 10.5. The van der Waals surface area contributed by atoms with Crippen molar-refractivity contribution in [2.24, 2.45) is 0 Å². The van der Waals surface area contributed by atoms with Gasteiger partial charge in [0.15, 0.2) is 0 Å². The molecule has 4 heteroatoms. The van der Waals surface area contributed by atoms with Crippen molar-refractivity contribution in [2.75, 3.05) is 27.8 Å². The summed E-state index contributed by atoms with van der Waals surface area (Å²) in [7, 11) is 5.01. The van der Waals surface area contributed by atoms with Crippen LogP contribution in [0.5, 0.6) is 11.5 Å². The van der Waals surface area contributed by atoms with Crippen LogP contribution in [0.1, 0.15) is 15.9 Å². The van der Waals surface area contributed by atoms with Crippen LogP contribution >= 0.6 is 0 Å². The van der Waals surface area contributed by atoms with Gasteiger partial charge in [-0.1, -0.05) is 12.2 Å². The summed E-state index contributed by atoms with van der Waals surface area (Å²) in [5, 5.41) is 3.01. The number of carbonyl (C=O) groups excluding carboxylic acids is 1. The molecule has 0 aliphatic rings. The third kappa shape index (κ3) is 3.32. The van der Waals surface area contributed by atoms with E-state index in [1.54, 1.807) is 26.4 Å². The summed E-state index contributed by atoms with van der Waals surface area (Å²) in [6, 6.07) is 3.38. The molecule has 0 bridgehead atoms. The van der Waals surface area contributed by atoms with E-state index in [-0.39, 0.29) is 0 Å². The Hall–Kier alpha value is -1.81. The molecule has 1 aromatic rings. The second-order valence-electron chi connectivity index (χ2n) is 3.42. The Bertz CT molecular complexity index is 388. The molecule has 0 saturated heterocycles. The minimum Gasteiger partial charge on any atom is -0.496 e. The smallest absolute Gasteiger partial charge is 0.150 e. The van der Waals surface area contributed by atoms with Gasteiger partial charge in [-0.3, -0.25) is 4.79 Å². The van der Waals surface area contributed by atoms with Crippen molar-refractivity contribution >= 4 is 12.4 Å². The summed E-state index contributed by atoms with van der Waals surface area (Å²) in [5.74, 6) is 1.25. The molecule has 1 aromatic carbocycles. The van der Waals surface area contributed by atoms with Crippen molar-refractivity contribution in [3.05, 3.63) is 29.3 Å². The van der Waals surface area contributed by atoms with Crippen molar-refractivity contribution in [3.63, 3.8) is 0 Å². The number of benzene rings is 1. The number of carbonyl (C=O) groups is 1. The fraction of sp³-hybridized carbons (Fsp3) is 0.308. The van der Waals surface area contributed by atoms with Gasteiger partial charge in [-0.25, -0.2) is 0 Å². The molecule has 0 aliphatic carbocycles. The number of nitrogens with one attached hydrogen (secondary N) is 1. The molecular weight excluding hydrogens is 218 g/mol. The van der Waals surface area contributed by atoms with Gasteiger partial charge in [-0.05, 0) is 19.2 Å². The predicted molar refractivity (Wildman–Crippen MR) is 67.9 cm³/mol. The van der Waals surface area contributed by atoms with Crippen LogP contribution in [0, 0.1) is 0 Å². The summed E-state index contributed by atoms with van der Waals surface area (Å²) in [5.41, 5.74) is 1.36. The second kappa shape index (κ2) is 6.70. The number of aldehydes is 1. The standard InChI is InChI=1S/C13H17NO3/c1-14-6-4-5-11-12(16-2)7-10(9-15)8-13(11)17-3/h4-5,7-9,14H,6H2,1-3H3. The lowest BCUT2D eigenvalue weighted by Gasteiger charge is -2.11. The number of hydrogen-bond acceptors (Lipinski definition) is 4. The van der Waals surface area contributed by atoms with E-state index >= 15 is 0 Å². The first-order valence-corrected chi connectivity index (χ1v) is 5.29. The molecule has 0 saturated carbocycles. The SMILES string of the molecule is CNCC=Cc1c(OC)cc(C=O)cc1OC. The Balaban J connectivity index is 3.19. The Labute approximate surface area is 101 Å². The van der Waals surface area contributed by atoms with Gasteiger partial charge in [-0.15, -0.1) is 0 Å². The van der Waals surface area contributed by atoms with E-state index in [1.807, 2.05) is 19.2 Å². The third-order valence-corrected chi connectivity index (χ3v) is 2.31. The lowest BCUT2D eigenvalue weighted by Crippen LogP contribution is -2.04. The first-order chi connectivity index (χ1) is 8.26. The number of likely N-dealkylation sites (N-methyl/N-ethyl adjacent to an activating group) is 1. The molecule has 0 aliphatic heterocycles. The van der Waals surface area contributed by atoms with Crippen LogP contribution in [0.25, 0.3) is 6.08 Å². The highest BCUT2D eigenvalue weighted by Crippen LogP contribution is 2.31. The van der Waals surface area contributed by atoms with E-state index in [0.717, 1.165) is 18.4 Å². The zero-order valence-electron chi connectivity index (χ0n) is 10.3. The Kier molecular flexibility index (Phi) is 5.23. The van der Waals surface area contributed by atoms with Crippen molar-refractivity contribution in [1.82, 2.24) is 5.32 Å². The molecular formula is C13H17NO3.